The van der Waals surface area contributed by atoms with E-state index in [1.165, 1.54) is 0 Å². The van der Waals surface area contributed by atoms with E-state index < -0.39 is 0 Å². The molecule has 3 N–H and O–H groups in total. The summed E-state index contributed by atoms with van der Waals surface area (Å²) in [4.78, 5) is 11.6. The Labute approximate surface area is 96.2 Å². The molecule has 90 valence electrons. The lowest BCUT2D eigenvalue weighted by molar-refractivity contribution is -0.139. The van der Waals surface area contributed by atoms with Crippen molar-refractivity contribution in [2.75, 3.05) is 6.61 Å². The molecule has 1 amide bonds. The monoisotopic (exact) mass is 224 g/mol. The molecule has 0 radical (unpaired) electrons. The molecule has 2 rings (SSSR count). The highest BCUT2D eigenvalue weighted by Gasteiger charge is 2.50. The van der Waals surface area contributed by atoms with Gasteiger partial charge in [-0.2, -0.15) is 0 Å². The van der Waals surface area contributed by atoms with Crippen molar-refractivity contribution in [1.29, 1.82) is 0 Å². The van der Waals surface area contributed by atoms with Crippen LogP contribution in [-0.4, -0.2) is 30.7 Å². The zero-order chi connectivity index (χ0) is 11.5. The first-order valence-electron chi connectivity index (χ1n) is 6.01. The summed E-state index contributed by atoms with van der Waals surface area (Å²) in [5.41, 5.74) is 6.04. The molecule has 1 aliphatic heterocycles. The maximum absolute atomic E-state index is 11.6. The maximum atomic E-state index is 11.6. The van der Waals surface area contributed by atoms with Gasteiger partial charge in [0.2, 0.25) is 5.91 Å². The van der Waals surface area contributed by atoms with Crippen molar-refractivity contribution in [3.8, 4) is 0 Å². The highest BCUT2D eigenvalue weighted by Crippen LogP contribution is 2.36. The molecular weight excluding hydrogens is 204 g/mol. The van der Waals surface area contributed by atoms with E-state index in [1.54, 1.807) is 6.08 Å². The minimum atomic E-state index is 0.0163. The Morgan fingerprint density at radius 2 is 2.44 bits per heavy atom. The maximum Gasteiger partial charge on any atom is 0.220 e. The molecule has 2 aliphatic rings. The number of ether oxygens (including phenoxy) is 1. The van der Waals surface area contributed by atoms with Gasteiger partial charge in [-0.3, -0.25) is 4.79 Å². The molecule has 16 heavy (non-hydrogen) atoms. The number of hydrogen-bond acceptors (Lipinski definition) is 3. The van der Waals surface area contributed by atoms with E-state index in [4.69, 9.17) is 10.5 Å². The van der Waals surface area contributed by atoms with Crippen molar-refractivity contribution in [3.05, 3.63) is 12.7 Å². The Hall–Kier alpha value is -0.870. The fourth-order valence-corrected chi connectivity index (χ4v) is 2.62. The lowest BCUT2D eigenvalue weighted by Gasteiger charge is -2.52. The zero-order valence-corrected chi connectivity index (χ0v) is 9.52. The van der Waals surface area contributed by atoms with Crippen molar-refractivity contribution in [2.24, 2.45) is 11.7 Å². The van der Waals surface area contributed by atoms with E-state index in [9.17, 15) is 4.79 Å². The number of allylic oxidation sites excluding steroid dienone is 1. The van der Waals surface area contributed by atoms with E-state index in [-0.39, 0.29) is 24.1 Å². The zero-order valence-electron chi connectivity index (χ0n) is 9.52. The minimum absolute atomic E-state index is 0.0163. The Kier molecular flexibility index (Phi) is 3.61. The lowest BCUT2D eigenvalue weighted by atomic mass is 9.68. The molecule has 0 aromatic rings. The summed E-state index contributed by atoms with van der Waals surface area (Å²) in [6, 6.07) is 0.0839. The molecular formula is C12H20N2O2. The van der Waals surface area contributed by atoms with E-state index in [0.717, 1.165) is 19.4 Å². The molecule has 4 nitrogen and oxygen atoms in total. The number of nitrogens with two attached hydrogens (primary N) is 1. The molecule has 4 heteroatoms. The van der Waals surface area contributed by atoms with Gasteiger partial charge < -0.3 is 15.8 Å². The van der Waals surface area contributed by atoms with E-state index in [2.05, 4.69) is 11.9 Å². The highest BCUT2D eigenvalue weighted by molar-refractivity contribution is 5.76. The Bertz CT molecular complexity index is 280. The number of amides is 1. The number of hydrogen-bond donors (Lipinski definition) is 2. The second kappa shape index (κ2) is 4.97. The average molecular weight is 224 g/mol. The third kappa shape index (κ3) is 2.13. The standard InChI is InChI=1S/C12H20N2O2/c1-2-3-6-9(15)14-11-10(13)8-5-4-7-16-12(8)11/h2,8,10-12H,1,3-7,13H2,(H,14,15). The predicted octanol–water partition coefficient (Wildman–Crippen LogP) is 0.574. The topological polar surface area (TPSA) is 64.4 Å². The fourth-order valence-electron chi connectivity index (χ4n) is 2.62. The Morgan fingerprint density at radius 1 is 1.62 bits per heavy atom. The van der Waals surface area contributed by atoms with Gasteiger partial charge in [-0.05, 0) is 19.3 Å². The first kappa shape index (κ1) is 11.6. The molecule has 0 bridgehead atoms. The number of carbonyl (C=O) groups is 1. The Balaban J connectivity index is 1.81. The smallest absolute Gasteiger partial charge is 0.220 e. The Morgan fingerprint density at radius 3 is 3.19 bits per heavy atom. The van der Waals surface area contributed by atoms with Gasteiger partial charge in [0, 0.05) is 25.0 Å². The number of carbonyl (C=O) groups excluding carboxylic acids is 1. The summed E-state index contributed by atoms with van der Waals surface area (Å²) in [7, 11) is 0. The van der Waals surface area contributed by atoms with E-state index in [0.29, 0.717) is 18.8 Å². The third-order valence-electron chi connectivity index (χ3n) is 3.58. The third-order valence-corrected chi connectivity index (χ3v) is 3.58. The van der Waals surface area contributed by atoms with Gasteiger partial charge in [-0.15, -0.1) is 6.58 Å². The number of fused-ring (bicyclic) bond motifs is 1. The molecule has 1 aliphatic carbocycles. The van der Waals surface area contributed by atoms with E-state index in [1.807, 2.05) is 0 Å². The van der Waals surface area contributed by atoms with Crippen LogP contribution in [0.15, 0.2) is 12.7 Å². The highest BCUT2D eigenvalue weighted by atomic mass is 16.5. The van der Waals surface area contributed by atoms with Crippen LogP contribution in [0.25, 0.3) is 0 Å². The summed E-state index contributed by atoms with van der Waals surface area (Å²) in [6.07, 6.45) is 5.32. The first-order valence-corrected chi connectivity index (χ1v) is 6.01. The van der Waals surface area contributed by atoms with E-state index >= 15 is 0 Å². The van der Waals surface area contributed by atoms with Crippen LogP contribution in [0.3, 0.4) is 0 Å². The van der Waals surface area contributed by atoms with Crippen LogP contribution >= 0.6 is 0 Å². The SMILES string of the molecule is C=CCCC(=O)NC1C(N)C2CCCOC21. The van der Waals surface area contributed by atoms with Crippen LogP contribution in [0.4, 0.5) is 0 Å². The van der Waals surface area contributed by atoms with Crippen LogP contribution in [0.2, 0.25) is 0 Å². The quantitative estimate of drug-likeness (QED) is 0.686. The molecule has 0 aromatic carbocycles. The van der Waals surface area contributed by atoms with Crippen LogP contribution in [0.1, 0.15) is 25.7 Å². The van der Waals surface area contributed by atoms with Gasteiger partial charge in [-0.25, -0.2) is 0 Å². The lowest BCUT2D eigenvalue weighted by Crippen LogP contribution is -2.72. The first-order chi connectivity index (χ1) is 7.74. The fraction of sp³-hybridized carbons (Fsp3) is 0.750. The van der Waals surface area contributed by atoms with Gasteiger partial charge in [0.05, 0.1) is 12.1 Å². The van der Waals surface area contributed by atoms with Crippen molar-refractivity contribution in [1.82, 2.24) is 5.32 Å². The molecule has 4 atom stereocenters. The largest absolute Gasteiger partial charge is 0.376 e. The average Bonchev–Trinajstić information content (AvgIpc) is 2.33. The van der Waals surface area contributed by atoms with Crippen LogP contribution < -0.4 is 11.1 Å². The van der Waals surface area contributed by atoms with Crippen LogP contribution in [0, 0.1) is 5.92 Å². The van der Waals surface area contributed by atoms with Crippen LogP contribution in [-0.2, 0) is 9.53 Å². The van der Waals surface area contributed by atoms with Gasteiger partial charge in [-0.1, -0.05) is 6.08 Å². The minimum Gasteiger partial charge on any atom is -0.376 e. The molecule has 4 unspecified atom stereocenters. The molecule has 0 spiro atoms. The van der Waals surface area contributed by atoms with Gasteiger partial charge >= 0.3 is 0 Å². The number of nitrogens with one attached hydrogen (secondary N) is 1. The summed E-state index contributed by atoms with van der Waals surface area (Å²) >= 11 is 0. The van der Waals surface area contributed by atoms with Crippen molar-refractivity contribution in [2.45, 2.75) is 43.9 Å². The molecule has 2 fully saturated rings. The van der Waals surface area contributed by atoms with Gasteiger partial charge in [0.25, 0.3) is 0 Å². The summed E-state index contributed by atoms with van der Waals surface area (Å²) < 4.78 is 5.65. The summed E-state index contributed by atoms with van der Waals surface area (Å²) in [6.45, 7) is 4.40. The van der Waals surface area contributed by atoms with Crippen molar-refractivity contribution in [3.63, 3.8) is 0 Å². The summed E-state index contributed by atoms with van der Waals surface area (Å²) in [5, 5.41) is 2.96. The second-order valence-electron chi connectivity index (χ2n) is 4.64. The molecule has 0 aromatic heterocycles. The molecule has 1 saturated carbocycles. The predicted molar refractivity (Wildman–Crippen MR) is 61.8 cm³/mol. The molecule has 1 saturated heterocycles. The van der Waals surface area contributed by atoms with Gasteiger partial charge in [0.15, 0.2) is 0 Å². The van der Waals surface area contributed by atoms with Gasteiger partial charge in [0.1, 0.15) is 0 Å². The summed E-state index contributed by atoms with van der Waals surface area (Å²) in [5.74, 6) is 0.492. The normalized spacial score (nSPS) is 37.1. The molecule has 1 heterocycles. The van der Waals surface area contributed by atoms with Crippen molar-refractivity contribution >= 4 is 5.91 Å². The van der Waals surface area contributed by atoms with Crippen molar-refractivity contribution < 1.29 is 9.53 Å². The van der Waals surface area contributed by atoms with Crippen LogP contribution in [0.5, 0.6) is 0 Å². The second-order valence-corrected chi connectivity index (χ2v) is 4.64. The number of rotatable bonds is 4.